The molecule has 0 bridgehead atoms. The summed E-state index contributed by atoms with van der Waals surface area (Å²) < 4.78 is 5.27. The van der Waals surface area contributed by atoms with Gasteiger partial charge in [0.05, 0.1) is 11.1 Å². The summed E-state index contributed by atoms with van der Waals surface area (Å²) in [5.74, 6) is -1.66. The summed E-state index contributed by atoms with van der Waals surface area (Å²) in [6, 6.07) is 23.7. The molecule has 0 aromatic heterocycles. The summed E-state index contributed by atoms with van der Waals surface area (Å²) in [5, 5.41) is 0. The highest BCUT2D eigenvalue weighted by Gasteiger charge is 2.22. The van der Waals surface area contributed by atoms with Gasteiger partial charge in [0.2, 0.25) is 0 Å². The molecule has 0 unspecified atom stereocenters. The first-order valence-corrected chi connectivity index (χ1v) is 10.1. The zero-order chi connectivity index (χ0) is 23.5. The third kappa shape index (κ3) is 4.62. The number of ether oxygens (including phenoxy) is 1. The molecule has 33 heavy (non-hydrogen) atoms. The maximum atomic E-state index is 13.0. The molecule has 0 spiro atoms. The number of anilines is 4. The van der Waals surface area contributed by atoms with Crippen LogP contribution < -0.4 is 22.9 Å². The molecule has 0 amide bonds. The van der Waals surface area contributed by atoms with Crippen LogP contribution in [0.2, 0.25) is 0 Å². The van der Waals surface area contributed by atoms with E-state index >= 15 is 0 Å². The molecule has 0 aliphatic carbocycles. The van der Waals surface area contributed by atoms with Gasteiger partial charge < -0.3 is 27.7 Å². The molecule has 0 heterocycles. The highest BCUT2D eigenvalue weighted by atomic mass is 16.6. The predicted octanol–water partition coefficient (Wildman–Crippen LogP) is 4.35. The first-order valence-electron chi connectivity index (χ1n) is 10.1. The summed E-state index contributed by atoms with van der Waals surface area (Å²) in [5.41, 5.74) is 28.1. The molecule has 0 saturated heterocycles. The molecule has 7 heteroatoms. The van der Waals surface area contributed by atoms with Crippen molar-refractivity contribution in [3.8, 4) is 22.3 Å². The van der Waals surface area contributed by atoms with Gasteiger partial charge >= 0.3 is 11.9 Å². The second-order valence-electron chi connectivity index (χ2n) is 7.53. The Morgan fingerprint density at radius 2 is 0.818 bits per heavy atom. The van der Waals surface area contributed by atoms with Crippen molar-refractivity contribution in [2.75, 3.05) is 22.9 Å². The van der Waals surface area contributed by atoms with Gasteiger partial charge in [-0.15, -0.1) is 0 Å². The number of hydrogen-bond acceptors (Lipinski definition) is 7. The Balaban J connectivity index is 1.69. The average molecular weight is 438 g/mol. The molecule has 4 aromatic rings. The largest absolute Gasteiger partial charge is 0.399 e. The normalized spacial score (nSPS) is 10.5. The third-order valence-corrected chi connectivity index (χ3v) is 5.16. The van der Waals surface area contributed by atoms with Crippen molar-refractivity contribution in [2.24, 2.45) is 0 Å². The van der Waals surface area contributed by atoms with Crippen molar-refractivity contribution in [1.29, 1.82) is 0 Å². The SMILES string of the molecule is Nc1ccc(-c2ccc(N)cc2C(=O)OC(=O)c2cc(N)ccc2-c2ccc(N)cc2)cc1. The number of carbonyl (C=O) groups excluding carboxylic acids is 2. The Labute approximate surface area is 190 Å². The fourth-order valence-electron chi connectivity index (χ4n) is 3.48. The number of esters is 2. The van der Waals surface area contributed by atoms with Gasteiger partial charge in [-0.3, -0.25) is 0 Å². The van der Waals surface area contributed by atoms with Crippen LogP contribution in [0.4, 0.5) is 22.7 Å². The van der Waals surface area contributed by atoms with Crippen LogP contribution >= 0.6 is 0 Å². The van der Waals surface area contributed by atoms with Gasteiger partial charge in [0, 0.05) is 22.7 Å². The van der Waals surface area contributed by atoms with Gasteiger partial charge in [0.15, 0.2) is 0 Å². The maximum Gasteiger partial charge on any atom is 0.346 e. The molecule has 0 saturated carbocycles. The van der Waals surface area contributed by atoms with E-state index in [1.54, 1.807) is 72.8 Å². The van der Waals surface area contributed by atoms with Gasteiger partial charge in [-0.2, -0.15) is 0 Å². The van der Waals surface area contributed by atoms with Crippen molar-refractivity contribution >= 4 is 34.7 Å². The molecule has 0 atom stereocenters. The lowest BCUT2D eigenvalue weighted by molar-refractivity contribution is 0.0399. The lowest BCUT2D eigenvalue weighted by Gasteiger charge is -2.13. The standard InChI is InChI=1S/C26H22N4O3/c27-17-5-1-15(2-6-17)21-11-9-19(29)13-23(21)25(31)33-26(32)24-14-20(30)10-12-22(24)16-3-7-18(28)8-4-16/h1-14H,27-30H2. The van der Waals surface area contributed by atoms with E-state index in [0.717, 1.165) is 11.1 Å². The van der Waals surface area contributed by atoms with Crippen molar-refractivity contribution in [1.82, 2.24) is 0 Å². The zero-order valence-corrected chi connectivity index (χ0v) is 17.6. The Morgan fingerprint density at radius 1 is 0.485 bits per heavy atom. The van der Waals surface area contributed by atoms with E-state index in [1.807, 2.05) is 0 Å². The number of carbonyl (C=O) groups is 2. The van der Waals surface area contributed by atoms with Crippen LogP contribution in [0.15, 0.2) is 84.9 Å². The average Bonchev–Trinajstić information content (AvgIpc) is 2.80. The van der Waals surface area contributed by atoms with Crippen LogP contribution in [0.5, 0.6) is 0 Å². The zero-order valence-electron chi connectivity index (χ0n) is 17.6. The molecule has 8 N–H and O–H groups in total. The van der Waals surface area contributed by atoms with E-state index in [1.165, 1.54) is 12.1 Å². The molecule has 0 radical (unpaired) electrons. The van der Waals surface area contributed by atoms with Crippen LogP contribution in [0, 0.1) is 0 Å². The smallest absolute Gasteiger partial charge is 0.346 e. The molecule has 0 fully saturated rings. The van der Waals surface area contributed by atoms with E-state index < -0.39 is 11.9 Å². The minimum absolute atomic E-state index is 0.158. The van der Waals surface area contributed by atoms with E-state index in [0.29, 0.717) is 33.9 Å². The Morgan fingerprint density at radius 3 is 1.18 bits per heavy atom. The molecular formula is C26H22N4O3. The van der Waals surface area contributed by atoms with Crippen LogP contribution in [0.3, 0.4) is 0 Å². The molecule has 4 aromatic carbocycles. The Bertz CT molecular complexity index is 1240. The monoisotopic (exact) mass is 438 g/mol. The number of rotatable bonds is 4. The van der Waals surface area contributed by atoms with E-state index in [-0.39, 0.29) is 11.1 Å². The van der Waals surface area contributed by atoms with E-state index in [9.17, 15) is 9.59 Å². The Kier molecular flexibility index (Phi) is 5.69. The summed E-state index contributed by atoms with van der Waals surface area (Å²) in [6.45, 7) is 0. The van der Waals surface area contributed by atoms with Gasteiger partial charge in [0.25, 0.3) is 0 Å². The predicted molar refractivity (Wildman–Crippen MR) is 131 cm³/mol. The summed E-state index contributed by atoms with van der Waals surface area (Å²) in [7, 11) is 0. The summed E-state index contributed by atoms with van der Waals surface area (Å²) in [6.07, 6.45) is 0. The van der Waals surface area contributed by atoms with Crippen molar-refractivity contribution < 1.29 is 14.3 Å². The molecule has 4 rings (SSSR count). The quantitative estimate of drug-likeness (QED) is 0.210. The number of hydrogen-bond donors (Lipinski definition) is 4. The maximum absolute atomic E-state index is 13.0. The van der Waals surface area contributed by atoms with E-state index in [4.69, 9.17) is 27.7 Å². The van der Waals surface area contributed by atoms with Crippen LogP contribution in [0.1, 0.15) is 20.7 Å². The number of nitrogen functional groups attached to an aromatic ring is 4. The first kappa shape index (κ1) is 21.5. The van der Waals surface area contributed by atoms with E-state index in [2.05, 4.69) is 0 Å². The second-order valence-corrected chi connectivity index (χ2v) is 7.53. The van der Waals surface area contributed by atoms with Gasteiger partial charge in [-0.05, 0) is 70.8 Å². The van der Waals surface area contributed by atoms with Crippen LogP contribution in [0.25, 0.3) is 22.3 Å². The van der Waals surface area contributed by atoms with Crippen LogP contribution in [-0.2, 0) is 4.74 Å². The summed E-state index contributed by atoms with van der Waals surface area (Å²) in [4.78, 5) is 26.1. The topological polar surface area (TPSA) is 147 Å². The number of benzene rings is 4. The highest BCUT2D eigenvalue weighted by molar-refractivity contribution is 6.08. The van der Waals surface area contributed by atoms with Gasteiger partial charge in [-0.1, -0.05) is 36.4 Å². The highest BCUT2D eigenvalue weighted by Crippen LogP contribution is 2.30. The second kappa shape index (κ2) is 8.76. The first-order chi connectivity index (χ1) is 15.8. The fourth-order valence-corrected chi connectivity index (χ4v) is 3.48. The van der Waals surface area contributed by atoms with Crippen molar-refractivity contribution in [2.45, 2.75) is 0 Å². The van der Waals surface area contributed by atoms with Gasteiger partial charge in [-0.25, -0.2) is 9.59 Å². The third-order valence-electron chi connectivity index (χ3n) is 5.16. The molecular weight excluding hydrogens is 416 g/mol. The lowest BCUT2D eigenvalue weighted by atomic mass is 9.98. The molecule has 7 nitrogen and oxygen atoms in total. The Hall–Kier alpha value is -4.78. The minimum atomic E-state index is -0.829. The van der Waals surface area contributed by atoms with Crippen molar-refractivity contribution in [3.63, 3.8) is 0 Å². The molecule has 164 valence electrons. The molecule has 0 aliphatic rings. The number of nitrogens with two attached hydrogens (primary N) is 4. The van der Waals surface area contributed by atoms with Crippen molar-refractivity contribution in [3.05, 3.63) is 96.1 Å². The minimum Gasteiger partial charge on any atom is -0.399 e. The summed E-state index contributed by atoms with van der Waals surface area (Å²) >= 11 is 0. The van der Waals surface area contributed by atoms with Gasteiger partial charge in [0.1, 0.15) is 0 Å². The van der Waals surface area contributed by atoms with Crippen LogP contribution in [-0.4, -0.2) is 11.9 Å². The lowest BCUT2D eigenvalue weighted by Crippen LogP contribution is -2.15. The fraction of sp³-hybridized carbons (Fsp3) is 0. The molecule has 0 aliphatic heterocycles.